The molecule has 16 heavy (non-hydrogen) atoms. The Morgan fingerprint density at radius 1 is 1.62 bits per heavy atom. The number of ether oxygens (including phenoxy) is 1. The molecule has 88 valence electrons. The Morgan fingerprint density at radius 3 is 2.69 bits per heavy atom. The summed E-state index contributed by atoms with van der Waals surface area (Å²) in [6.07, 6.45) is 2.90. The minimum atomic E-state index is 0.519. The van der Waals surface area contributed by atoms with Crippen LogP contribution in [0.15, 0.2) is 18.0 Å². The van der Waals surface area contributed by atoms with Crippen LogP contribution in [0.4, 0.5) is 0 Å². The molecule has 0 radical (unpaired) electrons. The lowest BCUT2D eigenvalue weighted by Crippen LogP contribution is -2.14. The monoisotopic (exact) mass is 241 g/mol. The van der Waals surface area contributed by atoms with E-state index >= 15 is 0 Å². The highest BCUT2D eigenvalue weighted by atomic mass is 35.5. The largest absolute Gasteiger partial charge is 0.490 e. The van der Waals surface area contributed by atoms with E-state index in [9.17, 15) is 0 Å². The van der Waals surface area contributed by atoms with E-state index in [1.165, 1.54) is 6.21 Å². The van der Waals surface area contributed by atoms with E-state index in [-0.39, 0.29) is 0 Å². The van der Waals surface area contributed by atoms with Gasteiger partial charge in [-0.05, 0) is 13.0 Å². The van der Waals surface area contributed by atoms with Crippen LogP contribution in [0.1, 0.15) is 12.6 Å². The van der Waals surface area contributed by atoms with Crippen molar-refractivity contribution in [2.24, 2.45) is 0 Å². The molecule has 2 N–H and O–H groups in total. The molecular formula is C11H16ClN3O. The Bertz CT molecular complexity index is 396. The molecule has 0 amide bonds. The quantitative estimate of drug-likeness (QED) is 0.615. The van der Waals surface area contributed by atoms with Gasteiger partial charge in [0.2, 0.25) is 0 Å². The molecule has 0 bridgehead atoms. The highest BCUT2D eigenvalue weighted by molar-refractivity contribution is 6.30. The van der Waals surface area contributed by atoms with Crippen molar-refractivity contribution in [1.82, 2.24) is 9.88 Å². The number of H-pyrrole nitrogens is 1. The second kappa shape index (κ2) is 5.61. The summed E-state index contributed by atoms with van der Waals surface area (Å²) >= 11 is 5.86. The predicted molar refractivity (Wildman–Crippen MR) is 66.8 cm³/mol. The highest BCUT2D eigenvalue weighted by Crippen LogP contribution is 2.22. The first-order chi connectivity index (χ1) is 7.60. The summed E-state index contributed by atoms with van der Waals surface area (Å²) in [4.78, 5) is 4.93. The second-order valence-electron chi connectivity index (χ2n) is 3.42. The predicted octanol–water partition coefficient (Wildman–Crippen LogP) is 2.58. The van der Waals surface area contributed by atoms with Crippen LogP contribution >= 0.6 is 11.6 Å². The van der Waals surface area contributed by atoms with Gasteiger partial charge >= 0.3 is 0 Å². The molecule has 0 aliphatic carbocycles. The first-order valence-electron chi connectivity index (χ1n) is 4.99. The van der Waals surface area contributed by atoms with E-state index in [0.717, 1.165) is 11.4 Å². The number of aromatic nitrogens is 1. The van der Waals surface area contributed by atoms with Gasteiger partial charge in [-0.2, -0.15) is 0 Å². The number of nitrogens with one attached hydrogen (secondary N) is 2. The van der Waals surface area contributed by atoms with Crippen molar-refractivity contribution in [3.8, 4) is 0 Å². The third-order valence-electron chi connectivity index (χ3n) is 2.01. The third kappa shape index (κ3) is 2.79. The van der Waals surface area contributed by atoms with Crippen molar-refractivity contribution in [2.75, 3.05) is 20.7 Å². The van der Waals surface area contributed by atoms with E-state index in [1.807, 2.05) is 25.9 Å². The molecule has 0 unspecified atom stereocenters. The van der Waals surface area contributed by atoms with E-state index in [2.05, 4.69) is 4.98 Å². The summed E-state index contributed by atoms with van der Waals surface area (Å²) in [5.41, 5.74) is 1.64. The molecule has 1 rings (SSSR count). The van der Waals surface area contributed by atoms with Gasteiger partial charge in [-0.25, -0.2) is 0 Å². The number of halogens is 1. The Kier molecular flexibility index (Phi) is 4.43. The fourth-order valence-electron chi connectivity index (χ4n) is 1.43. The molecular weight excluding hydrogens is 226 g/mol. The van der Waals surface area contributed by atoms with E-state index in [1.54, 1.807) is 12.3 Å². The van der Waals surface area contributed by atoms with E-state index in [0.29, 0.717) is 17.4 Å². The summed E-state index contributed by atoms with van der Waals surface area (Å²) in [6, 6.07) is 1.80. The molecule has 0 aliphatic heterocycles. The Balaban J connectivity index is 3.21. The van der Waals surface area contributed by atoms with Crippen LogP contribution in [0.5, 0.6) is 0 Å². The van der Waals surface area contributed by atoms with Crippen LogP contribution in [-0.2, 0) is 4.74 Å². The smallest absolute Gasteiger partial charge is 0.162 e. The van der Waals surface area contributed by atoms with Crippen LogP contribution in [0.2, 0.25) is 5.02 Å². The molecule has 4 nitrogen and oxygen atoms in total. The lowest BCUT2D eigenvalue weighted by Gasteiger charge is -2.19. The fraction of sp³-hybridized carbons (Fsp3) is 0.364. The first kappa shape index (κ1) is 12.6. The zero-order chi connectivity index (χ0) is 12.1. The minimum absolute atomic E-state index is 0.519. The zero-order valence-corrected chi connectivity index (χ0v) is 10.4. The van der Waals surface area contributed by atoms with Gasteiger partial charge in [0, 0.05) is 20.3 Å². The summed E-state index contributed by atoms with van der Waals surface area (Å²) in [6.45, 7) is 2.41. The molecule has 0 saturated carbocycles. The normalized spacial score (nSPS) is 12.0. The summed E-state index contributed by atoms with van der Waals surface area (Å²) in [5, 5.41) is 8.00. The van der Waals surface area contributed by atoms with E-state index in [4.69, 9.17) is 21.7 Å². The SMILES string of the molecule is CCO/C(C=N)=C(/c1cc(Cl)c[nH]1)N(C)C. The molecule has 1 aromatic rings. The summed E-state index contributed by atoms with van der Waals surface area (Å²) < 4.78 is 5.41. The number of nitrogens with zero attached hydrogens (tertiary/aromatic N) is 1. The maximum absolute atomic E-state index is 7.36. The van der Waals surface area contributed by atoms with Crippen molar-refractivity contribution in [2.45, 2.75) is 6.92 Å². The number of aromatic amines is 1. The van der Waals surface area contributed by atoms with Gasteiger partial charge in [0.1, 0.15) is 5.70 Å². The van der Waals surface area contributed by atoms with Crippen molar-refractivity contribution in [3.63, 3.8) is 0 Å². The van der Waals surface area contributed by atoms with Gasteiger partial charge in [-0.3, -0.25) is 0 Å². The molecule has 1 aromatic heterocycles. The number of allylic oxidation sites excluding steroid dienone is 1. The Morgan fingerprint density at radius 2 is 2.31 bits per heavy atom. The van der Waals surface area contributed by atoms with Crippen LogP contribution in [0.3, 0.4) is 0 Å². The van der Waals surface area contributed by atoms with Crippen LogP contribution in [0.25, 0.3) is 5.70 Å². The molecule has 1 heterocycles. The topological polar surface area (TPSA) is 52.1 Å². The number of hydrogen-bond acceptors (Lipinski definition) is 3. The summed E-state index contributed by atoms with van der Waals surface area (Å²) in [5.74, 6) is 0.519. The molecule has 0 atom stereocenters. The standard InChI is InChI=1S/C11H16ClN3O/c1-4-16-10(6-13)11(15(2)3)9-5-8(12)7-14-9/h5-7,13-14H,4H2,1-3H3/b11-10-,13-6?. The van der Waals surface area contributed by atoms with Crippen molar-refractivity contribution >= 4 is 23.5 Å². The second-order valence-corrected chi connectivity index (χ2v) is 3.85. The van der Waals surface area contributed by atoms with E-state index < -0.39 is 0 Å². The van der Waals surface area contributed by atoms with Gasteiger partial charge < -0.3 is 20.0 Å². The van der Waals surface area contributed by atoms with Gasteiger partial charge in [0.15, 0.2) is 5.76 Å². The zero-order valence-electron chi connectivity index (χ0n) is 9.67. The van der Waals surface area contributed by atoms with Gasteiger partial charge in [0.25, 0.3) is 0 Å². The first-order valence-corrected chi connectivity index (χ1v) is 5.37. The molecule has 0 aliphatic rings. The Labute approximate surface area is 100 Å². The molecule has 0 aromatic carbocycles. The van der Waals surface area contributed by atoms with Crippen molar-refractivity contribution in [1.29, 1.82) is 5.41 Å². The highest BCUT2D eigenvalue weighted by Gasteiger charge is 2.13. The number of hydrogen-bond donors (Lipinski definition) is 2. The lowest BCUT2D eigenvalue weighted by atomic mass is 10.2. The van der Waals surface area contributed by atoms with Crippen LogP contribution < -0.4 is 0 Å². The molecule has 0 saturated heterocycles. The van der Waals surface area contributed by atoms with Crippen LogP contribution in [-0.4, -0.2) is 36.8 Å². The molecule has 5 heteroatoms. The van der Waals surface area contributed by atoms with Gasteiger partial charge in [-0.1, -0.05) is 11.6 Å². The fourth-order valence-corrected chi connectivity index (χ4v) is 1.60. The van der Waals surface area contributed by atoms with Crippen LogP contribution in [0, 0.1) is 5.41 Å². The summed E-state index contributed by atoms with van der Waals surface area (Å²) in [7, 11) is 3.79. The third-order valence-corrected chi connectivity index (χ3v) is 2.23. The van der Waals surface area contributed by atoms with Crippen molar-refractivity contribution < 1.29 is 4.74 Å². The average Bonchev–Trinajstić information content (AvgIpc) is 2.63. The average molecular weight is 242 g/mol. The van der Waals surface area contributed by atoms with Gasteiger partial charge in [-0.15, -0.1) is 0 Å². The molecule has 0 spiro atoms. The molecule has 0 fully saturated rings. The lowest BCUT2D eigenvalue weighted by molar-refractivity contribution is 0.248. The van der Waals surface area contributed by atoms with Crippen molar-refractivity contribution in [3.05, 3.63) is 28.7 Å². The maximum atomic E-state index is 7.36. The number of rotatable bonds is 5. The Hall–Kier alpha value is -1.42. The minimum Gasteiger partial charge on any atom is -0.490 e. The maximum Gasteiger partial charge on any atom is 0.162 e. The van der Waals surface area contributed by atoms with Gasteiger partial charge in [0.05, 0.1) is 23.5 Å².